The molecule has 2 aromatic carbocycles. The van der Waals surface area contributed by atoms with Crippen molar-refractivity contribution >= 4 is 34.3 Å². The van der Waals surface area contributed by atoms with Gasteiger partial charge in [0.2, 0.25) is 5.91 Å². The average Bonchev–Trinajstić information content (AvgIpc) is 3.59. The lowest BCUT2D eigenvalue weighted by Crippen LogP contribution is -2.51. The third-order valence-corrected chi connectivity index (χ3v) is 7.83. The van der Waals surface area contributed by atoms with Gasteiger partial charge in [0.05, 0.1) is 11.9 Å². The van der Waals surface area contributed by atoms with E-state index in [1.165, 1.54) is 11.0 Å². The van der Waals surface area contributed by atoms with Crippen LogP contribution in [0.15, 0.2) is 67.0 Å². The summed E-state index contributed by atoms with van der Waals surface area (Å²) < 4.78 is 28.5. The van der Waals surface area contributed by atoms with Crippen LogP contribution in [0.2, 0.25) is 0 Å². The monoisotopic (exact) mass is 555 g/mol. The third kappa shape index (κ3) is 4.67. The molecule has 4 aromatic rings. The predicted molar refractivity (Wildman–Crippen MR) is 147 cm³/mol. The largest absolute Gasteiger partial charge is 0.350 e. The molecule has 2 aromatic heterocycles. The van der Waals surface area contributed by atoms with E-state index in [2.05, 4.69) is 25.4 Å². The van der Waals surface area contributed by atoms with Crippen LogP contribution >= 0.6 is 0 Å². The Hall–Kier alpha value is -5.11. The highest BCUT2D eigenvalue weighted by atomic mass is 19.1. The molecule has 6 rings (SSSR count). The van der Waals surface area contributed by atoms with Crippen molar-refractivity contribution in [3.05, 3.63) is 100 Å². The van der Waals surface area contributed by atoms with Gasteiger partial charge in [-0.05, 0) is 41.5 Å². The topological polar surface area (TPSA) is 112 Å². The van der Waals surface area contributed by atoms with Gasteiger partial charge >= 0.3 is 6.17 Å². The van der Waals surface area contributed by atoms with Gasteiger partial charge in [-0.1, -0.05) is 29.1 Å². The quantitative estimate of drug-likeness (QED) is 0.346. The minimum absolute atomic E-state index is 0.0805. The van der Waals surface area contributed by atoms with E-state index >= 15 is 0 Å². The highest BCUT2D eigenvalue weighted by Crippen LogP contribution is 2.47. The normalized spacial score (nSPS) is 20.4. The Bertz CT molecular complexity index is 1690. The maximum atomic E-state index is 14.3. The molecule has 0 aliphatic carbocycles. The first-order chi connectivity index (χ1) is 19.8. The number of benzene rings is 2. The zero-order chi connectivity index (χ0) is 28.7. The first-order valence-electron chi connectivity index (χ1n) is 13.0. The van der Waals surface area contributed by atoms with Crippen molar-refractivity contribution in [3.63, 3.8) is 0 Å². The van der Waals surface area contributed by atoms with Crippen LogP contribution in [-0.2, 0) is 21.4 Å². The molecule has 3 atom stereocenters. The third-order valence-electron chi connectivity index (χ3n) is 7.83. The van der Waals surface area contributed by atoms with Gasteiger partial charge in [-0.25, -0.2) is 8.78 Å². The Morgan fingerprint density at radius 2 is 1.98 bits per heavy atom. The Balaban J connectivity index is 1.33. The number of H-pyrrole nitrogens is 1. The molecule has 1 saturated heterocycles. The number of rotatable bonds is 5. The molecule has 3 N–H and O–H groups in total. The lowest BCUT2D eigenvalue weighted by Gasteiger charge is -2.34. The molecule has 0 bridgehead atoms. The molecule has 2 aliphatic rings. The molecule has 41 heavy (non-hydrogen) atoms. The second kappa shape index (κ2) is 10.1. The van der Waals surface area contributed by atoms with Gasteiger partial charge in [0.1, 0.15) is 23.4 Å². The van der Waals surface area contributed by atoms with E-state index in [1.54, 1.807) is 24.5 Å². The maximum absolute atomic E-state index is 14.3. The molecule has 11 heteroatoms. The number of hydrogen-bond acceptors (Lipinski definition) is 4. The van der Waals surface area contributed by atoms with Gasteiger partial charge in [-0.15, -0.1) is 0 Å². The van der Waals surface area contributed by atoms with Crippen LogP contribution in [0.4, 0.5) is 14.5 Å². The molecule has 0 radical (unpaired) electrons. The fourth-order valence-corrected chi connectivity index (χ4v) is 5.95. The first kappa shape index (κ1) is 26.1. The summed E-state index contributed by atoms with van der Waals surface area (Å²) in [6, 6.07) is 12.9. The van der Waals surface area contributed by atoms with Crippen molar-refractivity contribution in [3.8, 4) is 6.57 Å². The van der Waals surface area contributed by atoms with E-state index in [0.29, 0.717) is 17.7 Å². The summed E-state index contributed by atoms with van der Waals surface area (Å²) in [5.41, 5.74) is 1.27. The molecule has 0 unspecified atom stereocenters. The second-order valence-corrected chi connectivity index (χ2v) is 10.4. The number of halogens is 2. The number of pyridine rings is 1. The van der Waals surface area contributed by atoms with Crippen molar-refractivity contribution < 1.29 is 23.2 Å². The van der Waals surface area contributed by atoms with Crippen molar-refractivity contribution in [1.29, 1.82) is 0 Å². The zero-order valence-corrected chi connectivity index (χ0v) is 21.7. The van der Waals surface area contributed by atoms with Crippen molar-refractivity contribution in [2.24, 2.45) is 0 Å². The molecular formula is C30H25F2N6O3+. The number of aromatic amines is 1. The Morgan fingerprint density at radius 3 is 2.73 bits per heavy atom. The van der Waals surface area contributed by atoms with E-state index in [9.17, 15) is 23.2 Å². The number of carbonyl (C=O) groups is 3. The predicted octanol–water partition coefficient (Wildman–Crippen LogP) is 3.98. The van der Waals surface area contributed by atoms with Gasteiger partial charge < -0.3 is 15.6 Å². The molecule has 1 spiro atoms. The number of amides is 3. The van der Waals surface area contributed by atoms with Crippen LogP contribution in [-0.4, -0.2) is 51.3 Å². The molecule has 2 aliphatic heterocycles. The Labute approximate surface area is 233 Å². The summed E-state index contributed by atoms with van der Waals surface area (Å²) in [5, 5.41) is 5.53. The summed E-state index contributed by atoms with van der Waals surface area (Å²) >= 11 is 0. The van der Waals surface area contributed by atoms with Gasteiger partial charge in [-0.2, -0.15) is 0 Å². The number of anilines is 1. The Morgan fingerprint density at radius 1 is 1.17 bits per heavy atom. The molecule has 0 saturated carbocycles. The van der Waals surface area contributed by atoms with Crippen molar-refractivity contribution in [2.75, 3.05) is 11.9 Å². The van der Waals surface area contributed by atoms with E-state index in [0.717, 1.165) is 17.7 Å². The van der Waals surface area contributed by atoms with Crippen LogP contribution in [0.1, 0.15) is 34.5 Å². The lowest BCUT2D eigenvalue weighted by atomic mass is 9.73. The van der Waals surface area contributed by atoms with Gasteiger partial charge in [0, 0.05) is 48.3 Å². The summed E-state index contributed by atoms with van der Waals surface area (Å²) in [5.74, 6) is -2.76. The first-order valence-corrected chi connectivity index (χ1v) is 13.0. The average molecular weight is 556 g/mol. The standard InChI is InChI=1S/C30H24F2N6O3/c1-33-25-13-30(14-26(39)35-22-7-3-2-6-19(22)30)16-38(25)29(41)24(11-17-5-4-10-34-15-17)37-28(40)23-12-18-20(31)8-9-21(32)27(18)36-23/h1-10,12,15,24-25H,11,13-14,16H2,(H2-,35,36,37,39,40)/p+1/t24-,25-,30-/m0/s1. The molecule has 206 valence electrons. The maximum Gasteiger partial charge on any atom is 0.350 e. The number of likely N-dealkylation sites (tertiary alicyclic amines) is 1. The van der Waals surface area contributed by atoms with E-state index < -0.39 is 41.1 Å². The van der Waals surface area contributed by atoms with Crippen LogP contribution in [0, 0.1) is 18.2 Å². The molecule has 9 nitrogen and oxygen atoms in total. The smallest absolute Gasteiger partial charge is 0.348 e. The molecular weight excluding hydrogens is 530 g/mol. The van der Waals surface area contributed by atoms with E-state index in [1.807, 2.05) is 24.3 Å². The van der Waals surface area contributed by atoms with Crippen LogP contribution in [0.3, 0.4) is 0 Å². The van der Waals surface area contributed by atoms with Crippen LogP contribution in [0.5, 0.6) is 0 Å². The molecule has 1 fully saturated rings. The van der Waals surface area contributed by atoms with Gasteiger partial charge in [0.15, 0.2) is 0 Å². The number of nitrogens with one attached hydrogen (secondary N) is 3. The lowest BCUT2D eigenvalue weighted by molar-refractivity contribution is -0.133. The minimum atomic E-state index is -1.10. The van der Waals surface area contributed by atoms with E-state index in [-0.39, 0.29) is 41.9 Å². The zero-order valence-electron chi connectivity index (χ0n) is 21.7. The number of fused-ring (bicyclic) bond motifs is 3. The van der Waals surface area contributed by atoms with Crippen molar-refractivity contribution in [2.45, 2.75) is 36.9 Å². The molecule has 4 heterocycles. The number of hydrogen-bond donors (Lipinski definition) is 3. The van der Waals surface area contributed by atoms with Gasteiger partial charge in [0.25, 0.3) is 18.4 Å². The fraction of sp³-hybridized carbons (Fsp3) is 0.233. The second-order valence-electron chi connectivity index (χ2n) is 10.4. The number of nitrogens with zero attached hydrogens (tertiary/aromatic N) is 3. The van der Waals surface area contributed by atoms with Gasteiger partial charge in [-0.3, -0.25) is 24.3 Å². The minimum Gasteiger partial charge on any atom is -0.348 e. The van der Waals surface area contributed by atoms with E-state index in [4.69, 9.17) is 6.57 Å². The van der Waals surface area contributed by atoms with Crippen LogP contribution in [0.25, 0.3) is 15.7 Å². The summed E-state index contributed by atoms with van der Waals surface area (Å²) in [7, 11) is 0. The fourth-order valence-electron chi connectivity index (χ4n) is 5.95. The Kier molecular flexibility index (Phi) is 6.46. The summed E-state index contributed by atoms with van der Waals surface area (Å²) in [6.45, 7) is 5.94. The SMILES string of the molecule is C#[N+][C@@H]1C[C@]2(CC(=O)Nc3ccccc32)CN1C(=O)[C@H](Cc1cccnc1)NC(=O)c1cc2c(F)ccc(F)c2[nH]1. The van der Waals surface area contributed by atoms with Crippen LogP contribution < -0.4 is 10.6 Å². The number of carbonyl (C=O) groups excluding carboxylic acids is 3. The number of aromatic nitrogens is 2. The summed E-state index contributed by atoms with van der Waals surface area (Å²) in [4.78, 5) is 52.3. The van der Waals surface area contributed by atoms with Crippen molar-refractivity contribution in [1.82, 2.24) is 20.2 Å². The number of para-hydroxylation sites is 1. The molecule has 3 amide bonds. The highest BCUT2D eigenvalue weighted by Gasteiger charge is 2.55. The summed E-state index contributed by atoms with van der Waals surface area (Å²) in [6.07, 6.45) is 2.98. The highest BCUT2D eigenvalue weighted by molar-refractivity contribution is 6.01.